The first kappa shape index (κ1) is 35.3. The first-order valence-corrected chi connectivity index (χ1v) is 16.9. The maximum absolute atomic E-state index is 14.4. The number of carbonyl (C=O) groups excluding carboxylic acids is 6. The van der Waals surface area contributed by atoms with Crippen molar-refractivity contribution in [3.05, 3.63) is 35.9 Å². The molecule has 13 nitrogen and oxygen atoms in total. The lowest BCUT2D eigenvalue weighted by Gasteiger charge is -2.39. The third-order valence-electron chi connectivity index (χ3n) is 10.6. The molecule has 2 heterocycles. The van der Waals surface area contributed by atoms with Crippen molar-refractivity contribution < 1.29 is 38.2 Å². The Morgan fingerprint density at radius 1 is 1.02 bits per heavy atom. The van der Waals surface area contributed by atoms with E-state index in [-0.39, 0.29) is 55.8 Å². The number of urea groups is 1. The van der Waals surface area contributed by atoms with Crippen LogP contribution in [0.25, 0.3) is 0 Å². The second-order valence-corrected chi connectivity index (χ2v) is 15.5. The number of piperidine rings is 1. The van der Waals surface area contributed by atoms with Gasteiger partial charge < -0.3 is 36.1 Å². The zero-order chi connectivity index (χ0) is 35.0. The summed E-state index contributed by atoms with van der Waals surface area (Å²) < 4.78 is 11.1. The molecule has 5 amide bonds. The van der Waals surface area contributed by atoms with Crippen molar-refractivity contribution in [1.82, 2.24) is 20.9 Å². The van der Waals surface area contributed by atoms with Crippen LogP contribution in [0.3, 0.4) is 0 Å². The van der Waals surface area contributed by atoms with E-state index in [9.17, 15) is 28.8 Å². The smallest absolute Gasteiger partial charge is 0.332 e. The third-order valence-corrected chi connectivity index (χ3v) is 10.6. The van der Waals surface area contributed by atoms with E-state index in [0.717, 1.165) is 18.4 Å². The fourth-order valence-corrected chi connectivity index (χ4v) is 7.32. The van der Waals surface area contributed by atoms with Crippen LogP contribution in [0.15, 0.2) is 30.3 Å². The van der Waals surface area contributed by atoms with Crippen LogP contribution >= 0.6 is 0 Å². The van der Waals surface area contributed by atoms with Gasteiger partial charge in [-0.25, -0.2) is 9.59 Å². The topological polar surface area (TPSA) is 186 Å². The fraction of sp³-hybridized carbons (Fsp3) is 0.657. The Balaban J connectivity index is 1.31. The Hall–Kier alpha value is -4.00. The zero-order valence-corrected chi connectivity index (χ0v) is 28.5. The SMILES string of the molecule is CC(C)(C)[C@H](NC(=O)NC1(C(=O)OCc2ccccc2)CCOCC1)C(=O)N1C[C@H]2[C@@H]([C@H]1C(=O)NC(CC1CC1)C(=O)C(N)=O)C2(C)C. The van der Waals surface area contributed by atoms with Gasteiger partial charge in [0.2, 0.25) is 17.6 Å². The lowest BCUT2D eigenvalue weighted by atomic mass is 9.85. The summed E-state index contributed by atoms with van der Waals surface area (Å²) in [6.45, 7) is 10.3. The summed E-state index contributed by atoms with van der Waals surface area (Å²) in [5.41, 5.74) is 3.75. The van der Waals surface area contributed by atoms with E-state index in [4.69, 9.17) is 15.2 Å². The number of fused-ring (bicyclic) bond motifs is 1. The Morgan fingerprint density at radius 2 is 1.67 bits per heavy atom. The average molecular weight is 668 g/mol. The van der Waals surface area contributed by atoms with E-state index in [1.165, 1.54) is 4.90 Å². The number of rotatable bonds is 12. The van der Waals surface area contributed by atoms with Crippen LogP contribution in [0.5, 0.6) is 0 Å². The van der Waals surface area contributed by atoms with Crippen molar-refractivity contribution >= 4 is 35.5 Å². The number of nitrogens with one attached hydrogen (secondary N) is 3. The van der Waals surface area contributed by atoms with Crippen molar-refractivity contribution in [2.45, 2.75) is 97.0 Å². The number of carbonyl (C=O) groups is 6. The van der Waals surface area contributed by atoms with Gasteiger partial charge in [0.1, 0.15) is 24.2 Å². The van der Waals surface area contributed by atoms with Crippen LogP contribution in [0.2, 0.25) is 0 Å². The van der Waals surface area contributed by atoms with Crippen LogP contribution in [0.4, 0.5) is 4.79 Å². The predicted molar refractivity (Wildman–Crippen MR) is 174 cm³/mol. The number of primary amides is 1. The molecule has 2 aliphatic heterocycles. The molecule has 5 N–H and O–H groups in total. The molecular formula is C35H49N5O8. The number of likely N-dealkylation sites (tertiary alicyclic amines) is 1. The molecule has 2 saturated heterocycles. The van der Waals surface area contributed by atoms with Crippen LogP contribution in [-0.4, -0.2) is 83.8 Å². The summed E-state index contributed by atoms with van der Waals surface area (Å²) in [6.07, 6.45) is 2.52. The number of benzene rings is 1. The van der Waals surface area contributed by atoms with Gasteiger partial charge in [0.05, 0.1) is 6.04 Å². The molecule has 4 fully saturated rings. The number of amides is 5. The summed E-state index contributed by atoms with van der Waals surface area (Å²) in [6, 6.07) is 5.48. The van der Waals surface area contributed by atoms with Gasteiger partial charge in [0.25, 0.3) is 5.91 Å². The van der Waals surface area contributed by atoms with Gasteiger partial charge in [-0.1, -0.05) is 77.8 Å². The monoisotopic (exact) mass is 667 g/mol. The summed E-state index contributed by atoms with van der Waals surface area (Å²) in [5.74, 6) is -3.40. The van der Waals surface area contributed by atoms with Gasteiger partial charge >= 0.3 is 12.0 Å². The number of esters is 1. The normalized spacial score (nSPS) is 25.1. The molecule has 0 radical (unpaired) electrons. The lowest BCUT2D eigenvalue weighted by molar-refractivity contribution is -0.156. The lowest BCUT2D eigenvalue weighted by Crippen LogP contribution is -2.65. The molecule has 262 valence electrons. The number of ketones is 1. The third kappa shape index (κ3) is 7.50. The van der Waals surface area contributed by atoms with E-state index < -0.39 is 64.6 Å². The molecule has 0 spiro atoms. The second-order valence-electron chi connectivity index (χ2n) is 15.5. The summed E-state index contributed by atoms with van der Waals surface area (Å²) >= 11 is 0. The molecule has 0 aromatic heterocycles. The van der Waals surface area contributed by atoms with Crippen molar-refractivity contribution in [2.75, 3.05) is 19.8 Å². The highest BCUT2D eigenvalue weighted by atomic mass is 16.5. The highest BCUT2D eigenvalue weighted by Gasteiger charge is 2.70. The number of ether oxygens (including phenoxy) is 2. The Bertz CT molecular complexity index is 1430. The van der Waals surface area contributed by atoms with Crippen molar-refractivity contribution in [3.8, 4) is 0 Å². The van der Waals surface area contributed by atoms with Gasteiger partial charge in [-0.05, 0) is 40.6 Å². The first-order chi connectivity index (χ1) is 22.5. The summed E-state index contributed by atoms with van der Waals surface area (Å²) in [5, 5.41) is 8.39. The largest absolute Gasteiger partial charge is 0.459 e. The maximum Gasteiger partial charge on any atom is 0.332 e. The molecule has 1 aromatic rings. The van der Waals surface area contributed by atoms with E-state index >= 15 is 0 Å². The van der Waals surface area contributed by atoms with Crippen molar-refractivity contribution in [2.24, 2.45) is 34.3 Å². The number of hydrogen-bond donors (Lipinski definition) is 4. The minimum atomic E-state index is -1.35. The minimum absolute atomic E-state index is 0.0400. The number of nitrogens with two attached hydrogens (primary N) is 1. The van der Waals surface area contributed by atoms with Gasteiger partial charge in [-0.15, -0.1) is 0 Å². The molecule has 2 aliphatic carbocycles. The summed E-state index contributed by atoms with van der Waals surface area (Å²) in [4.78, 5) is 81.2. The van der Waals surface area contributed by atoms with Crippen LogP contribution in [-0.2, 0) is 40.1 Å². The van der Waals surface area contributed by atoms with Gasteiger partial charge in [0, 0.05) is 32.6 Å². The molecule has 5 rings (SSSR count). The number of hydrogen-bond acceptors (Lipinski definition) is 8. The fourth-order valence-electron chi connectivity index (χ4n) is 7.32. The maximum atomic E-state index is 14.4. The number of Topliss-reactive ketones (excluding diaryl/α,β-unsaturated/α-hetero) is 1. The van der Waals surface area contributed by atoms with Crippen LogP contribution in [0, 0.1) is 28.6 Å². The van der Waals surface area contributed by atoms with Crippen LogP contribution < -0.4 is 21.7 Å². The summed E-state index contributed by atoms with van der Waals surface area (Å²) in [7, 11) is 0. The first-order valence-electron chi connectivity index (χ1n) is 16.9. The molecule has 4 aliphatic rings. The average Bonchev–Trinajstić information content (AvgIpc) is 3.89. The number of nitrogens with zero attached hydrogens (tertiary/aromatic N) is 1. The standard InChI is InChI=1S/C35H49N5O8/c1-33(2,3)27(38-32(46)39-35(13-15-47-16-14-35)31(45)48-19-21-9-7-6-8-10-21)30(44)40-18-22-24(34(22,4)5)25(40)29(43)37-23(17-20-11-12-20)26(41)28(36)42/h6-10,20,22-25,27H,11-19H2,1-5H3,(H2,36,42)(H,37,43)(H2,38,39,46)/t22-,23?,24-,25-,27+/m0/s1. The van der Waals surface area contributed by atoms with E-state index in [1.54, 1.807) is 20.8 Å². The Labute approximate surface area is 281 Å². The molecule has 5 atom stereocenters. The Morgan fingerprint density at radius 3 is 2.25 bits per heavy atom. The van der Waals surface area contributed by atoms with E-state index in [2.05, 4.69) is 16.0 Å². The van der Waals surface area contributed by atoms with E-state index in [0.29, 0.717) is 13.0 Å². The molecule has 1 aromatic carbocycles. The molecule has 48 heavy (non-hydrogen) atoms. The molecule has 0 bridgehead atoms. The van der Waals surface area contributed by atoms with Gasteiger partial charge in [0.15, 0.2) is 0 Å². The van der Waals surface area contributed by atoms with Crippen molar-refractivity contribution in [1.29, 1.82) is 0 Å². The zero-order valence-electron chi connectivity index (χ0n) is 28.5. The molecule has 1 unspecified atom stereocenters. The highest BCUT2D eigenvalue weighted by molar-refractivity contribution is 6.37. The molecule has 2 saturated carbocycles. The van der Waals surface area contributed by atoms with Crippen LogP contribution in [0.1, 0.15) is 72.3 Å². The Kier molecular flexibility index (Phi) is 9.92. The quantitative estimate of drug-likeness (QED) is 0.192. The minimum Gasteiger partial charge on any atom is -0.459 e. The van der Waals surface area contributed by atoms with Gasteiger partial charge in [-0.3, -0.25) is 19.2 Å². The molecule has 13 heteroatoms. The highest BCUT2D eigenvalue weighted by Crippen LogP contribution is 2.65. The van der Waals surface area contributed by atoms with E-state index in [1.807, 2.05) is 44.2 Å². The predicted octanol–water partition coefficient (Wildman–Crippen LogP) is 1.82. The van der Waals surface area contributed by atoms with Crippen molar-refractivity contribution in [3.63, 3.8) is 0 Å². The molecular weight excluding hydrogens is 618 g/mol. The second kappa shape index (κ2) is 13.5. The van der Waals surface area contributed by atoms with Gasteiger partial charge in [-0.2, -0.15) is 0 Å².